The first kappa shape index (κ1) is 9.58. The molecule has 0 aliphatic heterocycles. The highest BCUT2D eigenvalue weighted by Crippen LogP contribution is 2.36. The Hall–Kier alpha value is -1.97. The number of aromatic nitrogens is 2. The van der Waals surface area contributed by atoms with Crippen LogP contribution in [0.2, 0.25) is 0 Å². The van der Waals surface area contributed by atoms with Gasteiger partial charge in [0.1, 0.15) is 0 Å². The zero-order valence-corrected chi connectivity index (χ0v) is 8.65. The first-order chi connectivity index (χ1) is 7.36. The molecule has 0 fully saturated rings. The van der Waals surface area contributed by atoms with Crippen molar-refractivity contribution in [3.8, 4) is 22.8 Å². The number of hydrogen-bond acceptors (Lipinski definition) is 3. The van der Waals surface area contributed by atoms with Gasteiger partial charge in [-0.3, -0.25) is 5.10 Å². The molecule has 4 nitrogen and oxygen atoms in total. The number of methoxy groups -OCH3 is 2. The Kier molecular flexibility index (Phi) is 2.58. The average molecular weight is 204 g/mol. The second kappa shape index (κ2) is 4.04. The number of rotatable bonds is 3. The third-order valence-corrected chi connectivity index (χ3v) is 2.19. The molecule has 0 atom stereocenters. The maximum Gasteiger partial charge on any atom is 0.170 e. The summed E-state index contributed by atoms with van der Waals surface area (Å²) in [5, 5.41) is 6.80. The number of nitrogens with one attached hydrogen (secondary N) is 1. The molecule has 0 radical (unpaired) electrons. The van der Waals surface area contributed by atoms with Gasteiger partial charge in [-0.25, -0.2) is 0 Å². The van der Waals surface area contributed by atoms with Crippen LogP contribution in [0.1, 0.15) is 0 Å². The standard InChI is InChI=1S/C11H12N2O2/c1-14-10-5-3-4-8(11(10)15-2)9-6-7-12-13-9/h3-7H,1-2H3,(H,12,13). The van der Waals surface area contributed by atoms with E-state index in [1.165, 1.54) is 0 Å². The maximum absolute atomic E-state index is 5.32. The SMILES string of the molecule is COc1cccc(-c2ccn[nH]2)c1OC. The van der Waals surface area contributed by atoms with Crippen molar-refractivity contribution < 1.29 is 9.47 Å². The summed E-state index contributed by atoms with van der Waals surface area (Å²) in [6.07, 6.45) is 1.70. The molecule has 0 amide bonds. The number of benzene rings is 1. The van der Waals surface area contributed by atoms with Crippen molar-refractivity contribution in [2.24, 2.45) is 0 Å². The van der Waals surface area contributed by atoms with E-state index in [9.17, 15) is 0 Å². The number of aromatic amines is 1. The summed E-state index contributed by atoms with van der Waals surface area (Å²) in [6, 6.07) is 7.61. The molecule has 2 rings (SSSR count). The lowest BCUT2D eigenvalue weighted by atomic mass is 10.1. The Morgan fingerprint density at radius 3 is 2.60 bits per heavy atom. The van der Waals surface area contributed by atoms with Crippen LogP contribution in [-0.4, -0.2) is 24.4 Å². The van der Waals surface area contributed by atoms with Crippen LogP contribution < -0.4 is 9.47 Å². The van der Waals surface area contributed by atoms with E-state index < -0.39 is 0 Å². The van der Waals surface area contributed by atoms with Crippen molar-refractivity contribution in [1.82, 2.24) is 10.2 Å². The predicted molar refractivity (Wildman–Crippen MR) is 57.1 cm³/mol. The average Bonchev–Trinajstić information content (AvgIpc) is 2.81. The van der Waals surface area contributed by atoms with Crippen molar-refractivity contribution >= 4 is 0 Å². The molecular formula is C11H12N2O2. The van der Waals surface area contributed by atoms with Gasteiger partial charge in [-0.15, -0.1) is 0 Å². The lowest BCUT2D eigenvalue weighted by Crippen LogP contribution is -1.93. The second-order valence-corrected chi connectivity index (χ2v) is 3.01. The van der Waals surface area contributed by atoms with Crippen LogP contribution in [0.5, 0.6) is 11.5 Å². The van der Waals surface area contributed by atoms with Gasteiger partial charge >= 0.3 is 0 Å². The molecular weight excluding hydrogens is 192 g/mol. The molecule has 0 bridgehead atoms. The van der Waals surface area contributed by atoms with Crippen LogP contribution in [0, 0.1) is 0 Å². The fourth-order valence-electron chi connectivity index (χ4n) is 1.51. The van der Waals surface area contributed by atoms with Gasteiger partial charge in [0, 0.05) is 11.8 Å². The maximum atomic E-state index is 5.32. The number of H-pyrrole nitrogens is 1. The molecule has 15 heavy (non-hydrogen) atoms. The van der Waals surface area contributed by atoms with Crippen molar-refractivity contribution in [2.45, 2.75) is 0 Å². The van der Waals surface area contributed by atoms with E-state index in [1.807, 2.05) is 24.3 Å². The Morgan fingerprint density at radius 1 is 1.13 bits per heavy atom. The first-order valence-electron chi connectivity index (χ1n) is 4.57. The van der Waals surface area contributed by atoms with Crippen molar-refractivity contribution in [1.29, 1.82) is 0 Å². The number of para-hydroxylation sites is 1. The van der Waals surface area contributed by atoms with Gasteiger partial charge in [-0.05, 0) is 18.2 Å². The number of hydrogen-bond donors (Lipinski definition) is 1. The van der Waals surface area contributed by atoms with Crippen molar-refractivity contribution in [3.05, 3.63) is 30.5 Å². The Bertz CT molecular complexity index is 438. The molecule has 4 heteroatoms. The fourth-order valence-corrected chi connectivity index (χ4v) is 1.51. The first-order valence-corrected chi connectivity index (χ1v) is 4.57. The Morgan fingerprint density at radius 2 is 2.00 bits per heavy atom. The largest absolute Gasteiger partial charge is 0.493 e. The van der Waals surface area contributed by atoms with Crippen LogP contribution in [-0.2, 0) is 0 Å². The minimum Gasteiger partial charge on any atom is -0.493 e. The van der Waals surface area contributed by atoms with Gasteiger partial charge in [0.05, 0.1) is 19.9 Å². The minimum atomic E-state index is 0.712. The molecule has 1 N–H and O–H groups in total. The molecule has 0 saturated carbocycles. The van der Waals surface area contributed by atoms with Gasteiger partial charge in [0.25, 0.3) is 0 Å². The van der Waals surface area contributed by atoms with Crippen LogP contribution in [0.25, 0.3) is 11.3 Å². The Labute approximate surface area is 87.8 Å². The van der Waals surface area contributed by atoms with E-state index >= 15 is 0 Å². The summed E-state index contributed by atoms with van der Waals surface area (Å²) >= 11 is 0. The predicted octanol–water partition coefficient (Wildman–Crippen LogP) is 2.09. The van der Waals surface area contributed by atoms with E-state index in [4.69, 9.17) is 9.47 Å². The van der Waals surface area contributed by atoms with Gasteiger partial charge in [0.15, 0.2) is 11.5 Å². The van der Waals surface area contributed by atoms with Gasteiger partial charge in [-0.1, -0.05) is 6.07 Å². The molecule has 0 aliphatic carbocycles. The summed E-state index contributed by atoms with van der Waals surface area (Å²) in [6.45, 7) is 0. The van der Waals surface area contributed by atoms with E-state index in [-0.39, 0.29) is 0 Å². The minimum absolute atomic E-state index is 0.712. The van der Waals surface area contributed by atoms with Crippen LogP contribution >= 0.6 is 0 Å². The summed E-state index contributed by atoms with van der Waals surface area (Å²) in [5.74, 6) is 1.42. The monoisotopic (exact) mass is 204 g/mol. The summed E-state index contributed by atoms with van der Waals surface area (Å²) < 4.78 is 10.5. The smallest absolute Gasteiger partial charge is 0.170 e. The second-order valence-electron chi connectivity index (χ2n) is 3.01. The molecule has 78 valence electrons. The normalized spacial score (nSPS) is 10.0. The molecule has 2 aromatic rings. The third-order valence-electron chi connectivity index (χ3n) is 2.19. The molecule has 0 saturated heterocycles. The summed E-state index contributed by atoms with van der Waals surface area (Å²) in [7, 11) is 3.24. The molecule has 0 unspecified atom stereocenters. The van der Waals surface area contributed by atoms with E-state index in [1.54, 1.807) is 20.4 Å². The third kappa shape index (κ3) is 1.66. The molecule has 1 aromatic carbocycles. The quantitative estimate of drug-likeness (QED) is 0.832. The lowest BCUT2D eigenvalue weighted by Gasteiger charge is -2.10. The molecule has 0 aliphatic rings. The summed E-state index contributed by atoms with van der Waals surface area (Å²) in [4.78, 5) is 0. The topological polar surface area (TPSA) is 47.1 Å². The summed E-state index contributed by atoms with van der Waals surface area (Å²) in [5.41, 5.74) is 1.85. The van der Waals surface area contributed by atoms with Crippen molar-refractivity contribution in [3.63, 3.8) is 0 Å². The molecule has 1 aromatic heterocycles. The fraction of sp³-hybridized carbons (Fsp3) is 0.182. The zero-order chi connectivity index (χ0) is 10.7. The van der Waals surface area contributed by atoms with Crippen LogP contribution in [0.3, 0.4) is 0 Å². The highest BCUT2D eigenvalue weighted by atomic mass is 16.5. The highest BCUT2D eigenvalue weighted by molar-refractivity contribution is 5.70. The van der Waals surface area contributed by atoms with E-state index in [0.29, 0.717) is 11.5 Å². The Balaban J connectivity index is 2.56. The van der Waals surface area contributed by atoms with Gasteiger partial charge in [-0.2, -0.15) is 5.10 Å². The van der Waals surface area contributed by atoms with E-state index in [0.717, 1.165) is 11.3 Å². The van der Waals surface area contributed by atoms with Crippen molar-refractivity contribution in [2.75, 3.05) is 14.2 Å². The van der Waals surface area contributed by atoms with E-state index in [2.05, 4.69) is 10.2 Å². The van der Waals surface area contributed by atoms with Crippen LogP contribution in [0.4, 0.5) is 0 Å². The lowest BCUT2D eigenvalue weighted by molar-refractivity contribution is 0.356. The number of nitrogens with zero attached hydrogens (tertiary/aromatic N) is 1. The van der Waals surface area contributed by atoms with Crippen LogP contribution in [0.15, 0.2) is 30.5 Å². The molecule has 1 heterocycles. The zero-order valence-electron chi connectivity index (χ0n) is 8.65. The van der Waals surface area contributed by atoms with Gasteiger partial charge < -0.3 is 9.47 Å². The number of ether oxygens (including phenoxy) is 2. The highest BCUT2D eigenvalue weighted by Gasteiger charge is 2.11. The molecule has 0 spiro atoms. The van der Waals surface area contributed by atoms with Gasteiger partial charge in [0.2, 0.25) is 0 Å².